The van der Waals surface area contributed by atoms with Crippen LogP contribution < -0.4 is 5.32 Å². The Hall–Kier alpha value is -0.570. The normalized spacial score (nSPS) is 22.1. The summed E-state index contributed by atoms with van der Waals surface area (Å²) in [5.74, 6) is 0.849. The second-order valence-electron chi connectivity index (χ2n) is 6.32. The molecule has 1 unspecified atom stereocenters. The maximum absolute atomic E-state index is 6.39. The van der Waals surface area contributed by atoms with Gasteiger partial charge in [0.15, 0.2) is 0 Å². The van der Waals surface area contributed by atoms with Crippen LogP contribution in [0.3, 0.4) is 0 Å². The molecule has 1 atom stereocenters. The predicted octanol–water partition coefficient (Wildman–Crippen LogP) is 3.87. The lowest BCUT2D eigenvalue weighted by atomic mass is 9.96. The summed E-state index contributed by atoms with van der Waals surface area (Å²) in [7, 11) is 0. The summed E-state index contributed by atoms with van der Waals surface area (Å²) in [4.78, 5) is 2.71. The molecule has 1 aliphatic carbocycles. The topological polar surface area (TPSA) is 15.3 Å². The van der Waals surface area contributed by atoms with Crippen LogP contribution in [-0.2, 0) is 0 Å². The predicted molar refractivity (Wildman–Crippen MR) is 85.2 cm³/mol. The van der Waals surface area contributed by atoms with E-state index in [1.165, 1.54) is 50.9 Å². The van der Waals surface area contributed by atoms with Crippen LogP contribution in [0.2, 0.25) is 5.02 Å². The quantitative estimate of drug-likeness (QED) is 0.886. The highest BCUT2D eigenvalue weighted by molar-refractivity contribution is 6.31. The van der Waals surface area contributed by atoms with E-state index in [9.17, 15) is 0 Å². The van der Waals surface area contributed by atoms with Crippen LogP contribution in [0.5, 0.6) is 0 Å². The summed E-state index contributed by atoms with van der Waals surface area (Å²) >= 11 is 6.39. The van der Waals surface area contributed by atoms with E-state index in [2.05, 4.69) is 29.3 Å². The van der Waals surface area contributed by atoms with E-state index in [0.717, 1.165) is 17.0 Å². The molecule has 1 aliphatic heterocycles. The van der Waals surface area contributed by atoms with Crippen molar-refractivity contribution < 1.29 is 0 Å². The summed E-state index contributed by atoms with van der Waals surface area (Å²) in [5, 5.41) is 4.38. The van der Waals surface area contributed by atoms with Crippen molar-refractivity contribution in [2.24, 2.45) is 5.92 Å². The average molecular weight is 293 g/mol. The molecular formula is C17H25ClN2. The zero-order valence-corrected chi connectivity index (χ0v) is 13.1. The molecule has 110 valence electrons. The molecule has 3 heteroatoms. The van der Waals surface area contributed by atoms with Gasteiger partial charge in [-0.25, -0.2) is 0 Å². The molecule has 3 rings (SSSR count). The summed E-state index contributed by atoms with van der Waals surface area (Å²) in [6.07, 6.45) is 5.36. The van der Waals surface area contributed by atoms with E-state index < -0.39 is 0 Å². The molecule has 0 radical (unpaired) electrons. The van der Waals surface area contributed by atoms with Crippen LogP contribution in [0.25, 0.3) is 0 Å². The van der Waals surface area contributed by atoms with Gasteiger partial charge in [-0.15, -0.1) is 0 Å². The van der Waals surface area contributed by atoms with E-state index in [1.54, 1.807) is 0 Å². The number of hydrogen-bond acceptors (Lipinski definition) is 2. The van der Waals surface area contributed by atoms with Gasteiger partial charge >= 0.3 is 0 Å². The van der Waals surface area contributed by atoms with Gasteiger partial charge in [-0.3, -0.25) is 4.90 Å². The van der Waals surface area contributed by atoms with Crippen LogP contribution >= 0.6 is 11.6 Å². The van der Waals surface area contributed by atoms with Crippen molar-refractivity contribution in [3.8, 4) is 0 Å². The van der Waals surface area contributed by atoms with E-state index >= 15 is 0 Å². The van der Waals surface area contributed by atoms with Gasteiger partial charge in [0.1, 0.15) is 0 Å². The summed E-state index contributed by atoms with van der Waals surface area (Å²) in [6, 6.07) is 9.55. The minimum atomic E-state index is 0.436. The Kier molecular flexibility index (Phi) is 4.65. The maximum Gasteiger partial charge on any atom is 0.0453 e. The monoisotopic (exact) mass is 292 g/mol. The van der Waals surface area contributed by atoms with Gasteiger partial charge in [-0.05, 0) is 63.2 Å². The third kappa shape index (κ3) is 3.36. The molecule has 2 fully saturated rings. The van der Waals surface area contributed by atoms with Gasteiger partial charge in [0.2, 0.25) is 0 Å². The number of halogens is 1. The highest BCUT2D eigenvalue weighted by Gasteiger charge is 2.34. The van der Waals surface area contributed by atoms with E-state index in [4.69, 9.17) is 11.6 Å². The van der Waals surface area contributed by atoms with E-state index in [-0.39, 0.29) is 0 Å². The third-order valence-electron chi connectivity index (χ3n) is 4.80. The fraction of sp³-hybridized carbons (Fsp3) is 0.647. The smallest absolute Gasteiger partial charge is 0.0453 e. The standard InChI is InChI=1S/C17H25ClN2/c1-13(16-4-2-3-5-17(16)18)20(15-6-7-15)12-14-8-10-19-11-9-14/h2-5,13-15,19H,6-12H2,1H3. The van der Waals surface area contributed by atoms with Crippen molar-refractivity contribution in [2.75, 3.05) is 19.6 Å². The van der Waals surface area contributed by atoms with Crippen LogP contribution in [0.4, 0.5) is 0 Å². The Labute approximate surface area is 127 Å². The van der Waals surface area contributed by atoms with Crippen molar-refractivity contribution in [1.82, 2.24) is 10.2 Å². The second kappa shape index (κ2) is 6.46. The van der Waals surface area contributed by atoms with Gasteiger partial charge in [0.05, 0.1) is 0 Å². The number of nitrogens with zero attached hydrogens (tertiary/aromatic N) is 1. The minimum Gasteiger partial charge on any atom is -0.317 e. The molecule has 1 aromatic carbocycles. The maximum atomic E-state index is 6.39. The number of piperidine rings is 1. The van der Waals surface area contributed by atoms with Gasteiger partial charge in [-0.1, -0.05) is 29.8 Å². The number of nitrogens with one attached hydrogen (secondary N) is 1. The first-order valence-electron chi connectivity index (χ1n) is 7.96. The number of hydrogen-bond donors (Lipinski definition) is 1. The Morgan fingerprint density at radius 1 is 1.20 bits per heavy atom. The molecule has 0 amide bonds. The zero-order valence-electron chi connectivity index (χ0n) is 12.3. The Morgan fingerprint density at radius 3 is 2.55 bits per heavy atom. The van der Waals surface area contributed by atoms with Crippen molar-refractivity contribution in [3.63, 3.8) is 0 Å². The van der Waals surface area contributed by atoms with Crippen LogP contribution in [0.15, 0.2) is 24.3 Å². The Bertz CT molecular complexity index is 438. The molecule has 1 N–H and O–H groups in total. The van der Waals surface area contributed by atoms with Crippen LogP contribution in [0, 0.1) is 5.92 Å². The molecule has 2 aliphatic rings. The lowest BCUT2D eigenvalue weighted by Gasteiger charge is -2.35. The highest BCUT2D eigenvalue weighted by atomic mass is 35.5. The second-order valence-corrected chi connectivity index (χ2v) is 6.73. The fourth-order valence-electron chi connectivity index (χ4n) is 3.38. The average Bonchev–Trinajstić information content (AvgIpc) is 3.30. The molecule has 0 bridgehead atoms. The lowest BCUT2D eigenvalue weighted by Crippen LogP contribution is -2.38. The van der Waals surface area contributed by atoms with Gasteiger partial charge in [-0.2, -0.15) is 0 Å². The first-order chi connectivity index (χ1) is 9.75. The fourth-order valence-corrected chi connectivity index (χ4v) is 3.68. The summed E-state index contributed by atoms with van der Waals surface area (Å²) in [6.45, 7) is 5.92. The van der Waals surface area contributed by atoms with Gasteiger partial charge in [0.25, 0.3) is 0 Å². The largest absolute Gasteiger partial charge is 0.317 e. The van der Waals surface area contributed by atoms with Crippen molar-refractivity contribution in [2.45, 2.75) is 44.7 Å². The molecule has 0 spiro atoms. The SMILES string of the molecule is CC(c1ccccc1Cl)N(CC1CCNCC1)C1CC1. The Balaban J connectivity index is 1.71. The van der Waals surface area contributed by atoms with Gasteiger partial charge in [0, 0.05) is 23.7 Å². The summed E-state index contributed by atoms with van der Waals surface area (Å²) < 4.78 is 0. The molecule has 1 saturated heterocycles. The zero-order chi connectivity index (χ0) is 13.9. The first kappa shape index (κ1) is 14.4. The van der Waals surface area contributed by atoms with Crippen molar-refractivity contribution in [1.29, 1.82) is 0 Å². The van der Waals surface area contributed by atoms with E-state index in [0.29, 0.717) is 6.04 Å². The first-order valence-corrected chi connectivity index (χ1v) is 8.34. The number of rotatable bonds is 5. The molecule has 1 heterocycles. The van der Waals surface area contributed by atoms with Gasteiger partial charge < -0.3 is 5.32 Å². The van der Waals surface area contributed by atoms with Crippen molar-refractivity contribution in [3.05, 3.63) is 34.9 Å². The molecule has 1 aromatic rings. The van der Waals surface area contributed by atoms with Crippen molar-refractivity contribution >= 4 is 11.6 Å². The van der Waals surface area contributed by atoms with E-state index in [1.807, 2.05) is 12.1 Å². The molecular weight excluding hydrogens is 268 g/mol. The highest BCUT2D eigenvalue weighted by Crippen LogP contribution is 2.37. The Morgan fingerprint density at radius 2 is 1.90 bits per heavy atom. The molecule has 2 nitrogen and oxygen atoms in total. The molecule has 1 saturated carbocycles. The number of benzene rings is 1. The lowest BCUT2D eigenvalue weighted by molar-refractivity contribution is 0.152. The van der Waals surface area contributed by atoms with Crippen LogP contribution in [-0.4, -0.2) is 30.6 Å². The minimum absolute atomic E-state index is 0.436. The van der Waals surface area contributed by atoms with Crippen LogP contribution in [0.1, 0.15) is 44.2 Å². The molecule has 0 aromatic heterocycles. The summed E-state index contributed by atoms with van der Waals surface area (Å²) in [5.41, 5.74) is 1.29. The molecule has 20 heavy (non-hydrogen) atoms. The third-order valence-corrected chi connectivity index (χ3v) is 5.14.